The van der Waals surface area contributed by atoms with Crippen molar-refractivity contribution < 1.29 is 18.9 Å². The topological polar surface area (TPSA) is 108 Å². The Kier molecular flexibility index (Phi) is 5.51. The van der Waals surface area contributed by atoms with Crippen LogP contribution in [0.25, 0.3) is 11.5 Å². The van der Waals surface area contributed by atoms with E-state index in [1.54, 1.807) is 13.2 Å². The van der Waals surface area contributed by atoms with Crippen molar-refractivity contribution >= 4 is 23.4 Å². The molecule has 0 aliphatic carbocycles. The van der Waals surface area contributed by atoms with E-state index in [2.05, 4.69) is 10.2 Å². The number of hydrogen-bond acceptors (Lipinski definition) is 8. The molecule has 0 aliphatic heterocycles. The van der Waals surface area contributed by atoms with Gasteiger partial charge in [-0.15, -0.1) is 22.0 Å². The lowest BCUT2D eigenvalue weighted by Gasteiger charge is -2.10. The van der Waals surface area contributed by atoms with Gasteiger partial charge in [0.2, 0.25) is 5.89 Å². The SMILES string of the molecule is CSc1ccc(C(=O)O[C@H](C)c2nnc(-c3ccccc3)o2)cc1[N+](=O)[O-]. The minimum Gasteiger partial charge on any atom is -0.449 e. The molecule has 3 aromatic rings. The highest BCUT2D eigenvalue weighted by molar-refractivity contribution is 7.98. The molecule has 0 aliphatic rings. The summed E-state index contributed by atoms with van der Waals surface area (Å²) in [6.45, 7) is 1.59. The molecule has 1 aromatic heterocycles. The Morgan fingerprint density at radius 1 is 1.22 bits per heavy atom. The maximum Gasteiger partial charge on any atom is 0.339 e. The molecule has 0 N–H and O–H groups in total. The zero-order valence-corrected chi connectivity index (χ0v) is 15.3. The van der Waals surface area contributed by atoms with E-state index in [-0.39, 0.29) is 17.1 Å². The van der Waals surface area contributed by atoms with E-state index in [1.165, 1.54) is 30.0 Å². The van der Waals surface area contributed by atoms with E-state index in [1.807, 2.05) is 30.3 Å². The molecule has 0 radical (unpaired) electrons. The smallest absolute Gasteiger partial charge is 0.339 e. The van der Waals surface area contributed by atoms with E-state index < -0.39 is 17.0 Å². The lowest BCUT2D eigenvalue weighted by atomic mass is 10.2. The Bertz CT molecular complexity index is 974. The minimum atomic E-state index is -0.804. The highest BCUT2D eigenvalue weighted by Crippen LogP contribution is 2.29. The minimum absolute atomic E-state index is 0.0779. The van der Waals surface area contributed by atoms with Gasteiger partial charge in [0.05, 0.1) is 15.4 Å². The molecular weight excluding hydrogens is 370 g/mol. The third kappa shape index (κ3) is 4.14. The number of rotatable bonds is 6. The van der Waals surface area contributed by atoms with Gasteiger partial charge in [-0.3, -0.25) is 10.1 Å². The van der Waals surface area contributed by atoms with Crippen LogP contribution < -0.4 is 0 Å². The molecule has 0 fully saturated rings. The molecule has 0 saturated heterocycles. The summed E-state index contributed by atoms with van der Waals surface area (Å²) in [5.41, 5.74) is 0.681. The maximum absolute atomic E-state index is 12.3. The number of nitrogens with zero attached hydrogens (tertiary/aromatic N) is 3. The molecule has 27 heavy (non-hydrogen) atoms. The summed E-state index contributed by atoms with van der Waals surface area (Å²) in [6.07, 6.45) is 0.921. The van der Waals surface area contributed by atoms with Crippen LogP contribution in [-0.4, -0.2) is 27.3 Å². The molecule has 3 rings (SSSR count). The fraction of sp³-hybridized carbons (Fsp3) is 0.167. The highest BCUT2D eigenvalue weighted by Gasteiger charge is 2.22. The van der Waals surface area contributed by atoms with Gasteiger partial charge in [0.15, 0.2) is 6.10 Å². The summed E-state index contributed by atoms with van der Waals surface area (Å²) in [5, 5.41) is 19.0. The number of nitro groups is 1. The Balaban J connectivity index is 1.75. The molecule has 1 atom stereocenters. The van der Waals surface area contributed by atoms with Crippen LogP contribution in [-0.2, 0) is 4.74 Å². The number of carbonyl (C=O) groups excluding carboxylic acids is 1. The van der Waals surface area contributed by atoms with Crippen molar-refractivity contribution in [2.24, 2.45) is 0 Å². The number of esters is 1. The van der Waals surface area contributed by atoms with Crippen LogP contribution in [0.4, 0.5) is 5.69 Å². The molecule has 138 valence electrons. The number of aromatic nitrogens is 2. The Morgan fingerprint density at radius 3 is 2.63 bits per heavy atom. The van der Waals surface area contributed by atoms with E-state index in [0.29, 0.717) is 10.8 Å². The van der Waals surface area contributed by atoms with Crippen molar-refractivity contribution in [3.8, 4) is 11.5 Å². The maximum atomic E-state index is 12.3. The largest absolute Gasteiger partial charge is 0.449 e. The average molecular weight is 385 g/mol. The standard InChI is InChI=1S/C18H15N3O5S/c1-11(16-19-20-17(26-16)12-6-4-3-5-7-12)25-18(22)13-8-9-15(27-2)14(10-13)21(23)24/h3-11H,1-2H3/t11-/m1/s1. The first kappa shape index (κ1) is 18.6. The molecule has 0 saturated carbocycles. The van der Waals surface area contributed by atoms with Crippen molar-refractivity contribution in [2.75, 3.05) is 6.26 Å². The predicted molar refractivity (Wildman–Crippen MR) is 98.4 cm³/mol. The van der Waals surface area contributed by atoms with Crippen LogP contribution in [0.15, 0.2) is 57.8 Å². The molecule has 0 bridgehead atoms. The highest BCUT2D eigenvalue weighted by atomic mass is 32.2. The normalized spacial score (nSPS) is 11.8. The van der Waals surface area contributed by atoms with Gasteiger partial charge < -0.3 is 9.15 Å². The third-order valence-electron chi connectivity index (χ3n) is 3.70. The summed E-state index contributed by atoms with van der Waals surface area (Å²) in [6, 6.07) is 13.4. The first-order valence-corrected chi connectivity index (χ1v) is 9.14. The second-order valence-corrected chi connectivity index (χ2v) is 6.35. The molecule has 9 heteroatoms. The van der Waals surface area contributed by atoms with Gasteiger partial charge >= 0.3 is 5.97 Å². The van der Waals surface area contributed by atoms with Gasteiger partial charge in [-0.25, -0.2) is 4.79 Å². The summed E-state index contributed by atoms with van der Waals surface area (Å²) in [4.78, 5) is 23.4. The monoisotopic (exact) mass is 385 g/mol. The number of ether oxygens (including phenoxy) is 1. The average Bonchev–Trinajstić information content (AvgIpc) is 3.18. The Morgan fingerprint density at radius 2 is 1.96 bits per heavy atom. The van der Waals surface area contributed by atoms with Crippen molar-refractivity contribution in [3.05, 3.63) is 70.1 Å². The van der Waals surface area contributed by atoms with Crippen molar-refractivity contribution in [1.29, 1.82) is 0 Å². The molecule has 0 spiro atoms. The third-order valence-corrected chi connectivity index (χ3v) is 4.49. The Labute approximate surface area is 158 Å². The molecule has 0 amide bonds. The van der Waals surface area contributed by atoms with Crippen LogP contribution in [0, 0.1) is 10.1 Å². The summed E-state index contributed by atoms with van der Waals surface area (Å²) in [5.74, 6) is -0.261. The number of nitro benzene ring substituents is 1. The van der Waals surface area contributed by atoms with Gasteiger partial charge in [-0.1, -0.05) is 18.2 Å². The van der Waals surface area contributed by atoms with Gasteiger partial charge in [-0.05, 0) is 37.4 Å². The van der Waals surface area contributed by atoms with E-state index in [9.17, 15) is 14.9 Å². The summed E-state index contributed by atoms with van der Waals surface area (Å²) >= 11 is 1.23. The van der Waals surface area contributed by atoms with Crippen LogP contribution in [0.3, 0.4) is 0 Å². The van der Waals surface area contributed by atoms with Crippen molar-refractivity contribution in [2.45, 2.75) is 17.9 Å². The first-order valence-electron chi connectivity index (χ1n) is 7.92. The summed E-state index contributed by atoms with van der Waals surface area (Å²) in [7, 11) is 0. The number of thioether (sulfide) groups is 1. The van der Waals surface area contributed by atoms with Crippen molar-refractivity contribution in [3.63, 3.8) is 0 Å². The quantitative estimate of drug-likeness (QED) is 0.268. The summed E-state index contributed by atoms with van der Waals surface area (Å²) < 4.78 is 10.9. The zero-order chi connectivity index (χ0) is 19.4. The van der Waals surface area contributed by atoms with E-state index in [4.69, 9.17) is 9.15 Å². The molecular formula is C18H15N3O5S. The lowest BCUT2D eigenvalue weighted by Crippen LogP contribution is -2.10. The van der Waals surface area contributed by atoms with Gasteiger partial charge in [0.25, 0.3) is 11.6 Å². The van der Waals surface area contributed by atoms with Gasteiger partial charge in [0.1, 0.15) is 0 Å². The fourth-order valence-electron chi connectivity index (χ4n) is 2.33. The second kappa shape index (κ2) is 8.00. The molecule has 1 heterocycles. The van der Waals surface area contributed by atoms with Crippen LogP contribution in [0.2, 0.25) is 0 Å². The molecule has 2 aromatic carbocycles. The first-order chi connectivity index (χ1) is 13.0. The Hall–Kier alpha value is -3.20. The number of benzene rings is 2. The van der Waals surface area contributed by atoms with E-state index >= 15 is 0 Å². The molecule has 8 nitrogen and oxygen atoms in total. The number of hydrogen-bond donors (Lipinski definition) is 0. The number of carbonyl (C=O) groups is 1. The van der Waals surface area contributed by atoms with Gasteiger partial charge in [-0.2, -0.15) is 0 Å². The zero-order valence-electron chi connectivity index (χ0n) is 14.5. The lowest BCUT2D eigenvalue weighted by molar-refractivity contribution is -0.387. The fourth-order valence-corrected chi connectivity index (χ4v) is 2.88. The van der Waals surface area contributed by atoms with Crippen LogP contribution >= 0.6 is 11.8 Å². The van der Waals surface area contributed by atoms with Crippen molar-refractivity contribution in [1.82, 2.24) is 10.2 Å². The van der Waals surface area contributed by atoms with Crippen LogP contribution in [0.1, 0.15) is 29.3 Å². The van der Waals surface area contributed by atoms with Gasteiger partial charge in [0, 0.05) is 11.6 Å². The van der Waals surface area contributed by atoms with Crippen LogP contribution in [0.5, 0.6) is 0 Å². The van der Waals surface area contributed by atoms with E-state index in [0.717, 1.165) is 5.56 Å². The predicted octanol–water partition coefficient (Wildman–Crippen LogP) is 4.28. The molecule has 0 unspecified atom stereocenters. The second-order valence-electron chi connectivity index (χ2n) is 5.50.